The van der Waals surface area contributed by atoms with Crippen LogP contribution in [0, 0.1) is 0 Å². The highest BCUT2D eigenvalue weighted by atomic mass is 35.5. The molecule has 7 nitrogen and oxygen atoms in total. The van der Waals surface area contributed by atoms with Gasteiger partial charge in [-0.25, -0.2) is 8.42 Å². The number of carbonyl (C=O) groups is 2. The summed E-state index contributed by atoms with van der Waals surface area (Å²) < 4.78 is 28.7. The molecule has 0 saturated heterocycles. The van der Waals surface area contributed by atoms with E-state index in [1.165, 1.54) is 35.2 Å². The zero-order valence-electron chi connectivity index (χ0n) is 23.0. The number of nitrogens with zero attached hydrogens (tertiary/aromatic N) is 2. The van der Waals surface area contributed by atoms with Crippen molar-refractivity contribution in [1.29, 1.82) is 0 Å². The van der Waals surface area contributed by atoms with Gasteiger partial charge in [0, 0.05) is 17.6 Å². The van der Waals surface area contributed by atoms with Crippen molar-refractivity contribution in [3.8, 4) is 0 Å². The van der Waals surface area contributed by atoms with Crippen LogP contribution in [0.4, 0.5) is 5.69 Å². The molecule has 0 aliphatic heterocycles. The van der Waals surface area contributed by atoms with Gasteiger partial charge in [0.2, 0.25) is 11.8 Å². The fraction of sp³-hybridized carbons (Fsp3) is 0.355. The number of halogens is 2. The van der Waals surface area contributed by atoms with Crippen LogP contribution >= 0.6 is 23.2 Å². The van der Waals surface area contributed by atoms with Gasteiger partial charge in [0.1, 0.15) is 12.6 Å². The second-order valence-electron chi connectivity index (χ2n) is 10.3. The lowest BCUT2D eigenvalue weighted by Crippen LogP contribution is -2.53. The van der Waals surface area contributed by atoms with Gasteiger partial charge in [-0.2, -0.15) is 0 Å². The summed E-state index contributed by atoms with van der Waals surface area (Å²) in [7, 11) is -4.20. The molecule has 3 aromatic carbocycles. The van der Waals surface area contributed by atoms with Gasteiger partial charge in [-0.05, 0) is 62.1 Å². The zero-order valence-corrected chi connectivity index (χ0v) is 25.3. The number of benzene rings is 3. The highest BCUT2D eigenvalue weighted by Crippen LogP contribution is 2.33. The summed E-state index contributed by atoms with van der Waals surface area (Å²) in [6, 6.07) is 21.2. The molecule has 1 fully saturated rings. The van der Waals surface area contributed by atoms with Crippen LogP contribution in [0.3, 0.4) is 0 Å². The lowest BCUT2D eigenvalue weighted by molar-refractivity contribution is -0.139. The first kappa shape index (κ1) is 30.9. The quantitative estimate of drug-likeness (QED) is 0.282. The summed E-state index contributed by atoms with van der Waals surface area (Å²) in [5, 5.41) is 3.53. The number of sulfonamides is 1. The van der Waals surface area contributed by atoms with E-state index < -0.39 is 28.5 Å². The smallest absolute Gasteiger partial charge is 0.264 e. The van der Waals surface area contributed by atoms with Gasteiger partial charge in [-0.15, -0.1) is 0 Å². The van der Waals surface area contributed by atoms with Crippen LogP contribution in [-0.4, -0.2) is 50.3 Å². The third-order valence-electron chi connectivity index (χ3n) is 7.39. The van der Waals surface area contributed by atoms with E-state index in [1.807, 2.05) is 30.3 Å². The Balaban J connectivity index is 1.65. The van der Waals surface area contributed by atoms with Crippen LogP contribution in [-0.2, 0) is 26.0 Å². The summed E-state index contributed by atoms with van der Waals surface area (Å²) >= 11 is 12.6. The summed E-state index contributed by atoms with van der Waals surface area (Å²) in [5.74, 6) is -0.766. The van der Waals surface area contributed by atoms with E-state index in [9.17, 15) is 18.0 Å². The highest BCUT2D eigenvalue weighted by Gasteiger charge is 2.33. The molecule has 2 amide bonds. The lowest BCUT2D eigenvalue weighted by Gasteiger charge is -2.33. The SMILES string of the molecule is CC(C(=O)NC1CCCCC1)N(CCc1ccccc1)C(=O)CN(c1ccc(Cl)cc1Cl)S(=O)(=O)c1ccccc1. The molecule has 1 saturated carbocycles. The topological polar surface area (TPSA) is 86.8 Å². The van der Waals surface area contributed by atoms with Gasteiger partial charge in [0.05, 0.1) is 15.6 Å². The number of amides is 2. The fourth-order valence-electron chi connectivity index (χ4n) is 5.06. The zero-order chi connectivity index (χ0) is 29.4. The fourth-order valence-corrected chi connectivity index (χ4v) is 7.07. The maximum Gasteiger partial charge on any atom is 0.264 e. The molecular formula is C31H35Cl2N3O4S. The molecule has 0 spiro atoms. The van der Waals surface area contributed by atoms with Gasteiger partial charge in [-0.1, -0.05) is 91.0 Å². The first-order valence-electron chi connectivity index (χ1n) is 13.8. The van der Waals surface area contributed by atoms with Crippen molar-refractivity contribution in [2.24, 2.45) is 0 Å². The maximum absolute atomic E-state index is 14.0. The minimum absolute atomic E-state index is 0.0118. The van der Waals surface area contributed by atoms with E-state index in [2.05, 4.69) is 5.32 Å². The lowest BCUT2D eigenvalue weighted by atomic mass is 9.95. The van der Waals surface area contributed by atoms with Crippen molar-refractivity contribution >= 4 is 50.7 Å². The van der Waals surface area contributed by atoms with Gasteiger partial charge in [0.15, 0.2) is 0 Å². The maximum atomic E-state index is 14.0. The number of nitrogens with one attached hydrogen (secondary N) is 1. The second-order valence-corrected chi connectivity index (χ2v) is 13.0. The summed E-state index contributed by atoms with van der Waals surface area (Å²) in [6.07, 6.45) is 5.60. The van der Waals surface area contributed by atoms with E-state index in [0.29, 0.717) is 11.4 Å². The molecule has 1 aliphatic rings. The minimum Gasteiger partial charge on any atom is -0.352 e. The standard InChI is InChI=1S/C31H35Cl2N3O4S/c1-23(31(38)34-26-13-7-3-8-14-26)35(20-19-24-11-5-2-6-12-24)30(37)22-36(29-18-17-25(32)21-28(29)33)41(39,40)27-15-9-4-10-16-27/h2,4-6,9-12,15-18,21,23,26H,3,7-8,13-14,19-20,22H2,1H3,(H,34,38). The molecule has 1 atom stereocenters. The van der Waals surface area contributed by atoms with Crippen molar-refractivity contribution in [3.63, 3.8) is 0 Å². The number of anilines is 1. The van der Waals surface area contributed by atoms with Crippen LogP contribution in [0.25, 0.3) is 0 Å². The van der Waals surface area contributed by atoms with Crippen molar-refractivity contribution in [1.82, 2.24) is 10.2 Å². The van der Waals surface area contributed by atoms with Gasteiger partial charge < -0.3 is 10.2 Å². The van der Waals surface area contributed by atoms with Gasteiger partial charge in [-0.3, -0.25) is 13.9 Å². The van der Waals surface area contributed by atoms with E-state index in [1.54, 1.807) is 25.1 Å². The Bertz CT molecular complexity index is 1430. The number of rotatable bonds is 11. The minimum atomic E-state index is -4.20. The summed E-state index contributed by atoms with van der Waals surface area (Å²) in [4.78, 5) is 28.8. The van der Waals surface area contributed by atoms with Crippen molar-refractivity contribution in [2.45, 2.75) is 62.4 Å². The molecule has 0 bridgehead atoms. The molecule has 1 N–H and O–H groups in total. The average Bonchev–Trinajstić information content (AvgIpc) is 2.97. The predicted molar refractivity (Wildman–Crippen MR) is 164 cm³/mol. The van der Waals surface area contributed by atoms with Crippen molar-refractivity contribution < 1.29 is 18.0 Å². The Labute approximate surface area is 252 Å². The number of hydrogen-bond donors (Lipinski definition) is 1. The summed E-state index contributed by atoms with van der Waals surface area (Å²) in [5.41, 5.74) is 1.12. The molecule has 0 aromatic heterocycles. The van der Waals surface area contributed by atoms with Crippen LogP contribution < -0.4 is 9.62 Å². The predicted octanol–water partition coefficient (Wildman–Crippen LogP) is 6.10. The Morgan fingerprint density at radius 2 is 1.56 bits per heavy atom. The average molecular weight is 617 g/mol. The third kappa shape index (κ3) is 8.03. The molecule has 218 valence electrons. The Morgan fingerprint density at radius 3 is 2.20 bits per heavy atom. The van der Waals surface area contributed by atoms with E-state index in [-0.39, 0.29) is 34.1 Å². The molecule has 41 heavy (non-hydrogen) atoms. The summed E-state index contributed by atoms with van der Waals surface area (Å²) in [6.45, 7) is 1.37. The van der Waals surface area contributed by atoms with Crippen molar-refractivity contribution in [2.75, 3.05) is 17.4 Å². The monoisotopic (exact) mass is 615 g/mol. The van der Waals surface area contributed by atoms with Crippen LogP contribution in [0.15, 0.2) is 83.8 Å². The van der Waals surface area contributed by atoms with Gasteiger partial charge in [0.25, 0.3) is 10.0 Å². The molecule has 4 rings (SSSR count). The molecule has 0 radical (unpaired) electrons. The highest BCUT2D eigenvalue weighted by molar-refractivity contribution is 7.92. The molecule has 10 heteroatoms. The van der Waals surface area contributed by atoms with Crippen LogP contribution in [0.5, 0.6) is 0 Å². The van der Waals surface area contributed by atoms with Gasteiger partial charge >= 0.3 is 0 Å². The van der Waals surface area contributed by atoms with Crippen LogP contribution in [0.1, 0.15) is 44.6 Å². The molecule has 0 heterocycles. The van der Waals surface area contributed by atoms with E-state index >= 15 is 0 Å². The van der Waals surface area contributed by atoms with E-state index in [0.717, 1.165) is 42.0 Å². The molecule has 1 aliphatic carbocycles. The first-order chi connectivity index (χ1) is 19.7. The molecular weight excluding hydrogens is 581 g/mol. The molecule has 3 aromatic rings. The normalized spacial score (nSPS) is 14.7. The van der Waals surface area contributed by atoms with Crippen LogP contribution in [0.2, 0.25) is 10.0 Å². The molecule has 1 unspecified atom stereocenters. The first-order valence-corrected chi connectivity index (χ1v) is 16.0. The number of hydrogen-bond acceptors (Lipinski definition) is 4. The Morgan fingerprint density at radius 1 is 0.927 bits per heavy atom. The number of carbonyl (C=O) groups excluding carboxylic acids is 2. The second kappa shape index (κ2) is 14.2. The van der Waals surface area contributed by atoms with E-state index in [4.69, 9.17) is 23.2 Å². The Kier molecular flexibility index (Phi) is 10.7. The largest absolute Gasteiger partial charge is 0.352 e. The Hall–Kier alpha value is -3.07. The third-order valence-corrected chi connectivity index (χ3v) is 9.70. The van der Waals surface area contributed by atoms with Crippen molar-refractivity contribution in [3.05, 3.63) is 94.5 Å².